The van der Waals surface area contributed by atoms with Crippen molar-refractivity contribution in [3.8, 4) is 5.75 Å². The van der Waals surface area contributed by atoms with Crippen LogP contribution < -0.4 is 10.5 Å². The van der Waals surface area contributed by atoms with Gasteiger partial charge in [-0.2, -0.15) is 5.10 Å². The zero-order valence-corrected chi connectivity index (χ0v) is 10.7. The minimum absolute atomic E-state index is 0.664. The van der Waals surface area contributed by atoms with Crippen LogP contribution in [0.5, 0.6) is 5.75 Å². The van der Waals surface area contributed by atoms with E-state index in [1.807, 2.05) is 41.2 Å². The summed E-state index contributed by atoms with van der Waals surface area (Å²) >= 11 is 0. The van der Waals surface area contributed by atoms with Gasteiger partial charge in [-0.25, -0.2) is 0 Å². The van der Waals surface area contributed by atoms with E-state index in [4.69, 9.17) is 10.5 Å². The van der Waals surface area contributed by atoms with E-state index >= 15 is 0 Å². The Balaban J connectivity index is 2.01. The summed E-state index contributed by atoms with van der Waals surface area (Å²) < 4.78 is 7.33. The van der Waals surface area contributed by atoms with E-state index in [2.05, 4.69) is 17.2 Å². The summed E-state index contributed by atoms with van der Waals surface area (Å²) in [5.41, 5.74) is 8.64. The van der Waals surface area contributed by atoms with Gasteiger partial charge in [-0.05, 0) is 12.1 Å². The lowest BCUT2D eigenvalue weighted by Gasteiger charge is -2.10. The molecule has 4 heteroatoms. The number of hydrogen-bond donors (Lipinski definition) is 1. The molecule has 19 heavy (non-hydrogen) atoms. The van der Waals surface area contributed by atoms with E-state index in [0.29, 0.717) is 12.2 Å². The number of nitrogen functional groups attached to an aromatic ring is 1. The predicted molar refractivity (Wildman–Crippen MR) is 76.2 cm³/mol. The minimum Gasteiger partial charge on any atom is -0.496 e. The topological polar surface area (TPSA) is 53.1 Å². The third-order valence-electron chi connectivity index (χ3n) is 3.18. The Kier molecular flexibility index (Phi) is 2.83. The maximum Gasteiger partial charge on any atom is 0.125 e. The number of anilines is 1. The van der Waals surface area contributed by atoms with Crippen LogP contribution in [0.4, 0.5) is 5.69 Å². The molecule has 0 aliphatic carbocycles. The van der Waals surface area contributed by atoms with E-state index in [-0.39, 0.29) is 0 Å². The third kappa shape index (κ3) is 2.12. The highest BCUT2D eigenvalue weighted by Gasteiger charge is 2.07. The third-order valence-corrected chi connectivity index (χ3v) is 3.18. The Bertz CT molecular complexity index is 718. The lowest BCUT2D eigenvalue weighted by atomic mass is 10.1. The zero-order valence-electron chi connectivity index (χ0n) is 10.7. The first kappa shape index (κ1) is 11.6. The highest BCUT2D eigenvalue weighted by atomic mass is 16.5. The van der Waals surface area contributed by atoms with Gasteiger partial charge in [0.1, 0.15) is 5.75 Å². The SMILES string of the molecule is COc1cc(N)ccc1Cn1ncc2ccccc21. The molecule has 4 nitrogen and oxygen atoms in total. The van der Waals surface area contributed by atoms with Crippen LogP contribution in [0, 0.1) is 0 Å². The van der Waals surface area contributed by atoms with Crippen LogP contribution in [-0.2, 0) is 6.54 Å². The highest BCUT2D eigenvalue weighted by Crippen LogP contribution is 2.23. The highest BCUT2D eigenvalue weighted by molar-refractivity contribution is 5.78. The minimum atomic E-state index is 0.664. The zero-order chi connectivity index (χ0) is 13.2. The molecule has 0 unspecified atom stereocenters. The Hall–Kier alpha value is -2.49. The molecular formula is C15H15N3O. The quantitative estimate of drug-likeness (QED) is 0.730. The fourth-order valence-corrected chi connectivity index (χ4v) is 2.20. The maximum absolute atomic E-state index is 5.76. The molecule has 0 aliphatic heterocycles. The summed E-state index contributed by atoms with van der Waals surface area (Å²) in [5, 5.41) is 5.55. The second kappa shape index (κ2) is 4.65. The number of methoxy groups -OCH3 is 1. The molecule has 1 aromatic heterocycles. The van der Waals surface area contributed by atoms with E-state index < -0.39 is 0 Å². The monoisotopic (exact) mass is 253 g/mol. The molecule has 2 aromatic carbocycles. The molecular weight excluding hydrogens is 238 g/mol. The van der Waals surface area contributed by atoms with Crippen molar-refractivity contribution in [1.82, 2.24) is 9.78 Å². The summed E-state index contributed by atoms with van der Waals surface area (Å²) in [6.07, 6.45) is 1.87. The number of benzene rings is 2. The summed E-state index contributed by atoms with van der Waals surface area (Å²) in [4.78, 5) is 0. The van der Waals surface area contributed by atoms with Gasteiger partial charge in [-0.1, -0.05) is 24.3 Å². The number of fused-ring (bicyclic) bond motifs is 1. The largest absolute Gasteiger partial charge is 0.496 e. The maximum atomic E-state index is 5.76. The summed E-state index contributed by atoms with van der Waals surface area (Å²) in [5.74, 6) is 0.791. The molecule has 0 radical (unpaired) electrons. The van der Waals surface area contributed by atoms with E-state index in [1.54, 1.807) is 7.11 Å². The van der Waals surface area contributed by atoms with Crippen LogP contribution in [0.25, 0.3) is 10.9 Å². The molecule has 0 amide bonds. The van der Waals surface area contributed by atoms with Gasteiger partial charge >= 0.3 is 0 Å². The average Bonchev–Trinajstić information content (AvgIpc) is 2.84. The van der Waals surface area contributed by atoms with E-state index in [9.17, 15) is 0 Å². The summed E-state index contributed by atoms with van der Waals surface area (Å²) in [6.45, 7) is 0.664. The van der Waals surface area contributed by atoms with Crippen molar-refractivity contribution < 1.29 is 4.74 Å². The van der Waals surface area contributed by atoms with Crippen molar-refractivity contribution in [3.05, 3.63) is 54.2 Å². The molecule has 0 aliphatic rings. The van der Waals surface area contributed by atoms with Gasteiger partial charge in [-0.3, -0.25) is 4.68 Å². The molecule has 0 saturated heterocycles. The van der Waals surface area contributed by atoms with Crippen LogP contribution in [0.1, 0.15) is 5.56 Å². The molecule has 2 N–H and O–H groups in total. The van der Waals surface area contributed by atoms with Gasteiger partial charge in [0.2, 0.25) is 0 Å². The molecule has 96 valence electrons. The van der Waals surface area contributed by atoms with Gasteiger partial charge < -0.3 is 10.5 Å². The number of nitrogens with two attached hydrogens (primary N) is 1. The van der Waals surface area contributed by atoms with Crippen molar-refractivity contribution in [3.63, 3.8) is 0 Å². The molecule has 0 bridgehead atoms. The van der Waals surface area contributed by atoms with Gasteiger partial charge in [-0.15, -0.1) is 0 Å². The average molecular weight is 253 g/mol. The summed E-state index contributed by atoms with van der Waals surface area (Å²) in [6, 6.07) is 13.8. The fourth-order valence-electron chi connectivity index (χ4n) is 2.20. The molecule has 0 atom stereocenters. The Labute approximate surface area is 111 Å². The summed E-state index contributed by atoms with van der Waals surface area (Å²) in [7, 11) is 1.65. The van der Waals surface area contributed by atoms with Crippen molar-refractivity contribution in [1.29, 1.82) is 0 Å². The smallest absolute Gasteiger partial charge is 0.125 e. The van der Waals surface area contributed by atoms with Crippen LogP contribution >= 0.6 is 0 Å². The first-order valence-corrected chi connectivity index (χ1v) is 6.11. The normalized spacial score (nSPS) is 10.8. The lowest BCUT2D eigenvalue weighted by Crippen LogP contribution is -2.03. The second-order valence-corrected chi connectivity index (χ2v) is 4.43. The molecule has 1 heterocycles. The number of nitrogens with zero attached hydrogens (tertiary/aromatic N) is 2. The predicted octanol–water partition coefficient (Wildman–Crippen LogP) is 2.68. The van der Waals surface area contributed by atoms with Crippen LogP contribution in [0.15, 0.2) is 48.7 Å². The van der Waals surface area contributed by atoms with Gasteiger partial charge in [0.05, 0.1) is 25.4 Å². The molecule has 0 saturated carbocycles. The van der Waals surface area contributed by atoms with Crippen molar-refractivity contribution in [2.45, 2.75) is 6.54 Å². The van der Waals surface area contributed by atoms with Crippen molar-refractivity contribution in [2.24, 2.45) is 0 Å². The van der Waals surface area contributed by atoms with Crippen molar-refractivity contribution in [2.75, 3.05) is 12.8 Å². The molecule has 3 rings (SSSR count). The standard InChI is InChI=1S/C15H15N3O/c1-19-15-8-13(16)7-6-12(15)10-18-14-5-3-2-4-11(14)9-17-18/h2-9H,10,16H2,1H3. The first-order valence-electron chi connectivity index (χ1n) is 6.11. The van der Waals surface area contributed by atoms with Crippen LogP contribution in [0.2, 0.25) is 0 Å². The Morgan fingerprint density at radius 1 is 1.21 bits per heavy atom. The Morgan fingerprint density at radius 3 is 2.89 bits per heavy atom. The number of para-hydroxylation sites is 1. The van der Waals surface area contributed by atoms with Crippen LogP contribution in [-0.4, -0.2) is 16.9 Å². The number of aromatic nitrogens is 2. The van der Waals surface area contributed by atoms with E-state index in [0.717, 1.165) is 22.2 Å². The Morgan fingerprint density at radius 2 is 2.05 bits per heavy atom. The van der Waals surface area contributed by atoms with Crippen LogP contribution in [0.3, 0.4) is 0 Å². The number of rotatable bonds is 3. The number of ether oxygens (including phenoxy) is 1. The van der Waals surface area contributed by atoms with Gasteiger partial charge in [0.25, 0.3) is 0 Å². The van der Waals surface area contributed by atoms with Gasteiger partial charge in [0.15, 0.2) is 0 Å². The molecule has 0 fully saturated rings. The fraction of sp³-hybridized carbons (Fsp3) is 0.133. The first-order chi connectivity index (χ1) is 9.28. The molecule has 0 spiro atoms. The lowest BCUT2D eigenvalue weighted by molar-refractivity contribution is 0.408. The van der Waals surface area contributed by atoms with E-state index in [1.165, 1.54) is 0 Å². The second-order valence-electron chi connectivity index (χ2n) is 4.43. The van der Waals surface area contributed by atoms with Crippen molar-refractivity contribution >= 4 is 16.6 Å². The van der Waals surface area contributed by atoms with Gasteiger partial charge in [0, 0.05) is 22.7 Å². The molecule has 3 aromatic rings. The number of hydrogen-bond acceptors (Lipinski definition) is 3.